The average Bonchev–Trinajstić information content (AvgIpc) is 2.62. The molecule has 0 aliphatic carbocycles. The Hall–Kier alpha value is -1.29. The van der Waals surface area contributed by atoms with Gasteiger partial charge in [-0.05, 0) is 18.2 Å². The highest BCUT2D eigenvalue weighted by Gasteiger charge is 2.07. The van der Waals surface area contributed by atoms with Crippen LogP contribution in [-0.2, 0) is 11.3 Å². The fourth-order valence-corrected chi connectivity index (χ4v) is 1.04. The van der Waals surface area contributed by atoms with Crippen LogP contribution in [0.5, 0.6) is 0 Å². The van der Waals surface area contributed by atoms with Gasteiger partial charge in [0.05, 0.1) is 7.11 Å². The number of esters is 1. The number of hydrogen-bond acceptors (Lipinski definition) is 3. The minimum absolute atomic E-state index is 0.331. The van der Waals surface area contributed by atoms with Crippen LogP contribution in [0.25, 0.3) is 0 Å². The van der Waals surface area contributed by atoms with Crippen molar-refractivity contribution in [2.45, 2.75) is 13.5 Å². The molecule has 0 atom stereocenters. The van der Waals surface area contributed by atoms with E-state index < -0.39 is 0 Å². The lowest BCUT2D eigenvalue weighted by Gasteiger charge is -1.95. The molecule has 4 nitrogen and oxygen atoms in total. The number of hydrogen-bond donors (Lipinski definition) is 2. The van der Waals surface area contributed by atoms with Gasteiger partial charge in [-0.15, -0.1) is 0 Å². The fraction of sp³-hybridized carbons (Fsp3) is 0.444. The molecule has 1 aromatic heterocycles. The standard InChI is InChI=1S/C9H14N2O2/c1-3-10-5-7-4-8(11-6-7)9(12)13-2/h4,6,10-11H,3,5H2,1-2H3. The number of aromatic amines is 1. The van der Waals surface area contributed by atoms with Crippen molar-refractivity contribution in [3.8, 4) is 0 Å². The molecule has 0 unspecified atom stereocenters. The quantitative estimate of drug-likeness (QED) is 0.680. The van der Waals surface area contributed by atoms with Crippen molar-refractivity contribution in [2.24, 2.45) is 0 Å². The van der Waals surface area contributed by atoms with Crippen LogP contribution in [0.2, 0.25) is 0 Å². The Kier molecular flexibility index (Phi) is 3.52. The zero-order chi connectivity index (χ0) is 9.68. The minimum Gasteiger partial charge on any atom is -0.464 e. The summed E-state index contributed by atoms with van der Waals surface area (Å²) < 4.78 is 4.56. The highest BCUT2D eigenvalue weighted by Crippen LogP contribution is 2.04. The van der Waals surface area contributed by atoms with E-state index in [0.29, 0.717) is 5.69 Å². The predicted molar refractivity (Wildman–Crippen MR) is 49.5 cm³/mol. The van der Waals surface area contributed by atoms with Gasteiger partial charge in [0.1, 0.15) is 5.69 Å². The molecule has 0 fully saturated rings. The third kappa shape index (κ3) is 2.59. The molecule has 1 rings (SSSR count). The van der Waals surface area contributed by atoms with E-state index >= 15 is 0 Å². The Morgan fingerprint density at radius 3 is 3.08 bits per heavy atom. The molecule has 0 saturated heterocycles. The zero-order valence-electron chi connectivity index (χ0n) is 7.89. The molecule has 0 saturated carbocycles. The Morgan fingerprint density at radius 1 is 1.69 bits per heavy atom. The molecule has 0 aromatic carbocycles. The van der Waals surface area contributed by atoms with Gasteiger partial charge in [-0.25, -0.2) is 4.79 Å². The first-order chi connectivity index (χ1) is 6.27. The second kappa shape index (κ2) is 4.67. The molecule has 0 amide bonds. The lowest BCUT2D eigenvalue weighted by Crippen LogP contribution is -2.10. The molecule has 0 aliphatic heterocycles. The number of carbonyl (C=O) groups excluding carboxylic acids is 1. The van der Waals surface area contributed by atoms with Gasteiger partial charge in [-0.2, -0.15) is 0 Å². The predicted octanol–water partition coefficient (Wildman–Crippen LogP) is 0.911. The van der Waals surface area contributed by atoms with Gasteiger partial charge in [-0.1, -0.05) is 6.92 Å². The van der Waals surface area contributed by atoms with Crippen molar-refractivity contribution < 1.29 is 9.53 Å². The molecule has 0 bridgehead atoms. The van der Waals surface area contributed by atoms with E-state index in [9.17, 15) is 4.79 Å². The summed E-state index contributed by atoms with van der Waals surface area (Å²) in [6, 6.07) is 1.79. The van der Waals surface area contributed by atoms with Crippen LogP contribution in [-0.4, -0.2) is 24.6 Å². The highest BCUT2D eigenvalue weighted by molar-refractivity contribution is 5.87. The van der Waals surface area contributed by atoms with Gasteiger partial charge >= 0.3 is 5.97 Å². The van der Waals surface area contributed by atoms with Crippen molar-refractivity contribution in [2.75, 3.05) is 13.7 Å². The number of carbonyl (C=O) groups is 1. The molecule has 0 aliphatic rings. The van der Waals surface area contributed by atoms with E-state index in [-0.39, 0.29) is 5.97 Å². The van der Waals surface area contributed by atoms with Crippen LogP contribution in [0.4, 0.5) is 0 Å². The highest BCUT2D eigenvalue weighted by atomic mass is 16.5. The Labute approximate surface area is 77.3 Å². The fourth-order valence-electron chi connectivity index (χ4n) is 1.04. The first-order valence-corrected chi connectivity index (χ1v) is 4.24. The molecule has 72 valence electrons. The van der Waals surface area contributed by atoms with Gasteiger partial charge < -0.3 is 15.0 Å². The van der Waals surface area contributed by atoms with Crippen molar-refractivity contribution >= 4 is 5.97 Å². The van der Waals surface area contributed by atoms with Crippen molar-refractivity contribution in [1.29, 1.82) is 0 Å². The number of rotatable bonds is 4. The van der Waals surface area contributed by atoms with Gasteiger partial charge in [-0.3, -0.25) is 0 Å². The molecule has 0 radical (unpaired) electrons. The van der Waals surface area contributed by atoms with E-state index in [1.165, 1.54) is 7.11 Å². The maximum absolute atomic E-state index is 11.0. The molecule has 4 heteroatoms. The molecular formula is C9H14N2O2. The number of nitrogens with one attached hydrogen (secondary N) is 2. The smallest absolute Gasteiger partial charge is 0.354 e. The summed E-state index contributed by atoms with van der Waals surface area (Å²) in [5.74, 6) is -0.331. The van der Waals surface area contributed by atoms with Crippen molar-refractivity contribution in [3.63, 3.8) is 0 Å². The molecule has 2 N–H and O–H groups in total. The lowest BCUT2D eigenvalue weighted by molar-refractivity contribution is 0.0595. The molecule has 1 aromatic rings. The SMILES string of the molecule is CCNCc1c[nH]c(C(=O)OC)c1. The number of ether oxygens (including phenoxy) is 1. The summed E-state index contributed by atoms with van der Waals surface area (Å²) in [4.78, 5) is 13.9. The second-order valence-corrected chi connectivity index (χ2v) is 2.69. The topological polar surface area (TPSA) is 54.1 Å². The van der Waals surface area contributed by atoms with Gasteiger partial charge in [0.15, 0.2) is 0 Å². The van der Waals surface area contributed by atoms with Crippen molar-refractivity contribution in [1.82, 2.24) is 10.3 Å². The lowest BCUT2D eigenvalue weighted by atomic mass is 10.3. The summed E-state index contributed by atoms with van der Waals surface area (Å²) >= 11 is 0. The first-order valence-electron chi connectivity index (χ1n) is 4.24. The summed E-state index contributed by atoms with van der Waals surface area (Å²) in [5, 5.41) is 3.16. The summed E-state index contributed by atoms with van der Waals surface area (Å²) in [6.07, 6.45) is 1.80. The monoisotopic (exact) mass is 182 g/mol. The minimum atomic E-state index is -0.331. The third-order valence-corrected chi connectivity index (χ3v) is 1.73. The largest absolute Gasteiger partial charge is 0.464 e. The van der Waals surface area contributed by atoms with Crippen LogP contribution in [0.3, 0.4) is 0 Å². The van der Waals surface area contributed by atoms with E-state index in [0.717, 1.165) is 18.7 Å². The number of aromatic nitrogens is 1. The maximum Gasteiger partial charge on any atom is 0.354 e. The first kappa shape index (κ1) is 9.80. The maximum atomic E-state index is 11.0. The number of methoxy groups -OCH3 is 1. The third-order valence-electron chi connectivity index (χ3n) is 1.73. The Morgan fingerprint density at radius 2 is 2.46 bits per heavy atom. The average molecular weight is 182 g/mol. The van der Waals surface area contributed by atoms with E-state index in [4.69, 9.17) is 0 Å². The normalized spacial score (nSPS) is 10.0. The van der Waals surface area contributed by atoms with Crippen LogP contribution in [0.15, 0.2) is 12.3 Å². The summed E-state index contributed by atoms with van der Waals surface area (Å²) in [5.41, 5.74) is 1.55. The van der Waals surface area contributed by atoms with E-state index in [1.54, 1.807) is 12.3 Å². The van der Waals surface area contributed by atoms with Gasteiger partial charge in [0.2, 0.25) is 0 Å². The molecule has 13 heavy (non-hydrogen) atoms. The second-order valence-electron chi connectivity index (χ2n) is 2.69. The van der Waals surface area contributed by atoms with Crippen LogP contribution in [0.1, 0.15) is 23.0 Å². The Bertz CT molecular complexity index is 281. The number of H-pyrrole nitrogens is 1. The van der Waals surface area contributed by atoms with E-state index in [1.807, 2.05) is 6.92 Å². The summed E-state index contributed by atoms with van der Waals surface area (Å²) in [6.45, 7) is 3.72. The zero-order valence-corrected chi connectivity index (χ0v) is 7.89. The van der Waals surface area contributed by atoms with Gasteiger partial charge in [0, 0.05) is 12.7 Å². The van der Waals surface area contributed by atoms with Crippen molar-refractivity contribution in [3.05, 3.63) is 23.5 Å². The van der Waals surface area contributed by atoms with Crippen LogP contribution < -0.4 is 5.32 Å². The molecule has 1 heterocycles. The molecular weight excluding hydrogens is 168 g/mol. The summed E-state index contributed by atoms with van der Waals surface area (Å²) in [7, 11) is 1.37. The van der Waals surface area contributed by atoms with E-state index in [2.05, 4.69) is 15.0 Å². The van der Waals surface area contributed by atoms with Crippen LogP contribution in [0, 0.1) is 0 Å². The molecule has 0 spiro atoms. The van der Waals surface area contributed by atoms with Gasteiger partial charge in [0.25, 0.3) is 0 Å². The Balaban J connectivity index is 2.58. The van der Waals surface area contributed by atoms with Crippen LogP contribution >= 0.6 is 0 Å².